The van der Waals surface area contributed by atoms with Gasteiger partial charge in [0.15, 0.2) is 0 Å². The summed E-state index contributed by atoms with van der Waals surface area (Å²) in [4.78, 5) is 33.3. The van der Waals surface area contributed by atoms with E-state index in [1.807, 2.05) is 0 Å². The van der Waals surface area contributed by atoms with Gasteiger partial charge >= 0.3 is 5.97 Å². The SMILES string of the molecule is COC(=O)CCS[C@H](C)C(=O)Nc1ccc([N+](=O)[O-])cc1OC. The van der Waals surface area contributed by atoms with Crippen molar-refractivity contribution in [3.63, 3.8) is 0 Å². The Labute approximate surface area is 137 Å². The van der Waals surface area contributed by atoms with Crippen molar-refractivity contribution in [3.8, 4) is 5.75 Å². The van der Waals surface area contributed by atoms with Crippen molar-refractivity contribution < 1.29 is 24.0 Å². The van der Waals surface area contributed by atoms with Crippen LogP contribution in [0.25, 0.3) is 0 Å². The van der Waals surface area contributed by atoms with E-state index in [1.54, 1.807) is 6.92 Å². The molecule has 0 spiro atoms. The molecule has 1 atom stereocenters. The quantitative estimate of drug-likeness (QED) is 0.438. The van der Waals surface area contributed by atoms with Crippen LogP contribution in [-0.2, 0) is 14.3 Å². The molecule has 0 radical (unpaired) electrons. The average molecular weight is 342 g/mol. The van der Waals surface area contributed by atoms with Gasteiger partial charge in [0.25, 0.3) is 5.69 Å². The third-order valence-corrected chi connectivity index (χ3v) is 4.08. The molecule has 0 saturated carbocycles. The molecule has 0 aliphatic rings. The van der Waals surface area contributed by atoms with E-state index in [2.05, 4.69) is 10.1 Å². The molecule has 1 aromatic rings. The number of rotatable bonds is 8. The van der Waals surface area contributed by atoms with Crippen LogP contribution >= 0.6 is 11.8 Å². The van der Waals surface area contributed by atoms with E-state index in [0.29, 0.717) is 11.4 Å². The van der Waals surface area contributed by atoms with Crippen molar-refractivity contribution in [2.75, 3.05) is 25.3 Å². The van der Waals surface area contributed by atoms with Gasteiger partial charge in [0, 0.05) is 11.8 Å². The van der Waals surface area contributed by atoms with E-state index >= 15 is 0 Å². The number of thioether (sulfide) groups is 1. The van der Waals surface area contributed by atoms with E-state index in [1.165, 1.54) is 44.2 Å². The number of anilines is 1. The lowest BCUT2D eigenvalue weighted by Gasteiger charge is -2.14. The fraction of sp³-hybridized carbons (Fsp3) is 0.429. The van der Waals surface area contributed by atoms with Crippen LogP contribution in [0.5, 0.6) is 5.75 Å². The van der Waals surface area contributed by atoms with E-state index in [4.69, 9.17) is 4.74 Å². The maximum atomic E-state index is 12.1. The number of ether oxygens (including phenoxy) is 2. The molecule has 1 aromatic carbocycles. The zero-order valence-electron chi connectivity index (χ0n) is 13.0. The van der Waals surface area contributed by atoms with Crippen molar-refractivity contribution in [1.29, 1.82) is 0 Å². The first-order chi connectivity index (χ1) is 10.9. The molecule has 1 rings (SSSR count). The molecular formula is C14H18N2O6S. The van der Waals surface area contributed by atoms with Crippen molar-refractivity contribution in [1.82, 2.24) is 0 Å². The molecule has 0 aliphatic heterocycles. The van der Waals surface area contributed by atoms with Crippen LogP contribution in [0.4, 0.5) is 11.4 Å². The number of benzene rings is 1. The highest BCUT2D eigenvalue weighted by molar-refractivity contribution is 8.00. The lowest BCUT2D eigenvalue weighted by Crippen LogP contribution is -2.23. The molecule has 1 amide bonds. The summed E-state index contributed by atoms with van der Waals surface area (Å²) in [5.41, 5.74) is 0.226. The van der Waals surface area contributed by atoms with Crippen LogP contribution in [0.15, 0.2) is 18.2 Å². The highest BCUT2D eigenvalue weighted by atomic mass is 32.2. The zero-order chi connectivity index (χ0) is 17.4. The van der Waals surface area contributed by atoms with Gasteiger partial charge in [-0.15, -0.1) is 11.8 Å². The Morgan fingerprint density at radius 3 is 2.65 bits per heavy atom. The second-order valence-electron chi connectivity index (χ2n) is 4.47. The smallest absolute Gasteiger partial charge is 0.306 e. The minimum atomic E-state index is -0.542. The van der Waals surface area contributed by atoms with Gasteiger partial charge in [0.2, 0.25) is 5.91 Å². The number of hydrogen-bond acceptors (Lipinski definition) is 7. The van der Waals surface area contributed by atoms with Crippen LogP contribution < -0.4 is 10.1 Å². The first-order valence-electron chi connectivity index (χ1n) is 6.70. The Morgan fingerprint density at radius 1 is 1.39 bits per heavy atom. The minimum absolute atomic E-state index is 0.125. The molecule has 0 unspecified atom stereocenters. The third-order valence-electron chi connectivity index (χ3n) is 2.92. The number of nitrogens with zero attached hydrogens (tertiary/aromatic N) is 1. The maximum absolute atomic E-state index is 12.1. The minimum Gasteiger partial charge on any atom is -0.494 e. The van der Waals surface area contributed by atoms with Crippen molar-refractivity contribution in [3.05, 3.63) is 28.3 Å². The van der Waals surface area contributed by atoms with Crippen molar-refractivity contribution >= 4 is 35.0 Å². The number of carbonyl (C=O) groups is 2. The number of nitro benzene ring substituents is 1. The highest BCUT2D eigenvalue weighted by Gasteiger charge is 2.18. The van der Waals surface area contributed by atoms with Gasteiger partial charge in [-0.25, -0.2) is 0 Å². The van der Waals surface area contributed by atoms with Crippen LogP contribution in [0, 0.1) is 10.1 Å². The first-order valence-corrected chi connectivity index (χ1v) is 7.75. The normalized spacial score (nSPS) is 11.4. The topological polar surface area (TPSA) is 108 Å². The molecule has 0 bridgehead atoms. The predicted octanol–water partition coefficient (Wildman–Crippen LogP) is 2.23. The molecule has 0 heterocycles. The molecule has 0 aromatic heterocycles. The van der Waals surface area contributed by atoms with Gasteiger partial charge in [-0.1, -0.05) is 0 Å². The van der Waals surface area contributed by atoms with Crippen LogP contribution in [0.1, 0.15) is 13.3 Å². The summed E-state index contributed by atoms with van der Waals surface area (Å²) >= 11 is 1.31. The standard InChI is InChI=1S/C14H18N2O6S/c1-9(23-7-6-13(17)22-3)14(18)15-11-5-4-10(16(19)20)8-12(11)21-2/h4-5,8-9H,6-7H2,1-3H3,(H,15,18)/t9-/m1/s1. The third kappa shape index (κ3) is 5.78. The Morgan fingerprint density at radius 2 is 2.09 bits per heavy atom. The maximum Gasteiger partial charge on any atom is 0.306 e. The summed E-state index contributed by atoms with van der Waals surface area (Å²) in [6.45, 7) is 1.70. The van der Waals surface area contributed by atoms with Gasteiger partial charge in [-0.3, -0.25) is 19.7 Å². The predicted molar refractivity (Wildman–Crippen MR) is 86.8 cm³/mol. The molecule has 0 aliphatic carbocycles. The van der Waals surface area contributed by atoms with E-state index in [0.717, 1.165) is 0 Å². The van der Waals surface area contributed by atoms with E-state index < -0.39 is 10.2 Å². The van der Waals surface area contributed by atoms with Gasteiger partial charge in [-0.2, -0.15) is 0 Å². The summed E-state index contributed by atoms with van der Waals surface area (Å²) in [6.07, 6.45) is 0.222. The molecule has 0 fully saturated rings. The summed E-state index contributed by atoms with van der Waals surface area (Å²) in [7, 11) is 2.67. The first kappa shape index (κ1) is 18.8. The molecule has 8 nitrogen and oxygen atoms in total. The Balaban J connectivity index is 2.65. The van der Waals surface area contributed by atoms with Crippen LogP contribution in [0.2, 0.25) is 0 Å². The second kappa shape index (κ2) is 8.99. The number of methoxy groups -OCH3 is 2. The van der Waals surface area contributed by atoms with E-state index in [9.17, 15) is 19.7 Å². The number of hydrogen-bond donors (Lipinski definition) is 1. The lowest BCUT2D eigenvalue weighted by molar-refractivity contribution is -0.384. The largest absolute Gasteiger partial charge is 0.494 e. The monoisotopic (exact) mass is 342 g/mol. The molecular weight excluding hydrogens is 324 g/mol. The van der Waals surface area contributed by atoms with Crippen molar-refractivity contribution in [2.24, 2.45) is 0 Å². The van der Waals surface area contributed by atoms with Gasteiger partial charge in [0.1, 0.15) is 5.75 Å². The number of carbonyl (C=O) groups excluding carboxylic acids is 2. The molecule has 0 saturated heterocycles. The number of esters is 1. The lowest BCUT2D eigenvalue weighted by atomic mass is 10.2. The number of non-ortho nitro benzene ring substituents is 1. The van der Waals surface area contributed by atoms with Gasteiger partial charge in [-0.05, 0) is 13.0 Å². The highest BCUT2D eigenvalue weighted by Crippen LogP contribution is 2.29. The number of amides is 1. The number of nitrogens with one attached hydrogen (secondary N) is 1. The van der Waals surface area contributed by atoms with Gasteiger partial charge < -0.3 is 14.8 Å². The second-order valence-corrected chi connectivity index (χ2v) is 5.92. The molecule has 126 valence electrons. The van der Waals surface area contributed by atoms with Crippen molar-refractivity contribution in [2.45, 2.75) is 18.6 Å². The summed E-state index contributed by atoms with van der Waals surface area (Å²) in [5.74, 6) is 0.0482. The average Bonchev–Trinajstić information content (AvgIpc) is 2.54. The summed E-state index contributed by atoms with van der Waals surface area (Å²) < 4.78 is 9.58. The summed E-state index contributed by atoms with van der Waals surface area (Å²) in [6, 6.07) is 3.94. The number of nitro groups is 1. The Bertz CT molecular complexity index is 593. The Hall–Kier alpha value is -2.29. The molecule has 23 heavy (non-hydrogen) atoms. The molecule has 1 N–H and O–H groups in total. The fourth-order valence-electron chi connectivity index (χ4n) is 1.63. The Kier molecular flexibility index (Phi) is 7.33. The zero-order valence-corrected chi connectivity index (χ0v) is 13.8. The van der Waals surface area contributed by atoms with Gasteiger partial charge in [0.05, 0.1) is 42.6 Å². The van der Waals surface area contributed by atoms with Crippen LogP contribution in [-0.4, -0.2) is 42.0 Å². The fourth-order valence-corrected chi connectivity index (χ4v) is 2.48. The van der Waals surface area contributed by atoms with Crippen LogP contribution in [0.3, 0.4) is 0 Å². The molecule has 9 heteroatoms. The summed E-state index contributed by atoms with van der Waals surface area (Å²) in [5, 5.41) is 13.0. The van der Waals surface area contributed by atoms with E-state index in [-0.39, 0.29) is 29.7 Å².